The average molecular weight is 736 g/mol. The standard InChI is InChI=1S/C54H41NS/c1-53(2)46-19-11-9-16-44(46)50-47(53)32-31-43-42-17-12-20-49(51(42)56-52(43)50)55(38-26-21-35(22-27-38)34-13-6-5-7-14-34)39-28-23-36(24-29-39)37-25-30-41-40-15-8-10-18-45(40)54(3,4)48(41)33-37/h5-33H,1-4H3. The Morgan fingerprint density at radius 3 is 1.62 bits per heavy atom. The van der Waals surface area contributed by atoms with Gasteiger partial charge in [-0.05, 0) is 97.6 Å². The molecule has 0 fully saturated rings. The summed E-state index contributed by atoms with van der Waals surface area (Å²) in [7, 11) is 0. The smallest absolute Gasteiger partial charge is 0.0640 e. The SMILES string of the molecule is CC1(C)c2ccccc2-c2ccc(-c3ccc(N(c4ccc(-c5ccccc5)cc4)c4cccc5c4sc4c6c(ccc45)C(C)(C)c4ccccc4-6)cc3)cc21. The summed E-state index contributed by atoms with van der Waals surface area (Å²) in [6.45, 7) is 9.45. The van der Waals surface area contributed by atoms with Gasteiger partial charge in [0, 0.05) is 43.2 Å². The van der Waals surface area contributed by atoms with Crippen molar-refractivity contribution in [3.05, 3.63) is 198 Å². The Hall–Kier alpha value is -6.22. The van der Waals surface area contributed by atoms with Crippen molar-refractivity contribution in [3.63, 3.8) is 0 Å². The van der Waals surface area contributed by atoms with Gasteiger partial charge in [0.1, 0.15) is 0 Å². The maximum atomic E-state index is 2.46. The topological polar surface area (TPSA) is 3.24 Å². The zero-order valence-electron chi connectivity index (χ0n) is 32.1. The van der Waals surface area contributed by atoms with E-state index in [0.29, 0.717) is 0 Å². The van der Waals surface area contributed by atoms with Crippen LogP contribution in [-0.4, -0.2) is 0 Å². The third-order valence-electron chi connectivity index (χ3n) is 12.7. The third-order valence-corrected chi connectivity index (χ3v) is 14.0. The largest absolute Gasteiger partial charge is 0.309 e. The lowest BCUT2D eigenvalue weighted by Gasteiger charge is -2.26. The van der Waals surface area contributed by atoms with Crippen LogP contribution in [0.4, 0.5) is 17.1 Å². The van der Waals surface area contributed by atoms with Crippen LogP contribution in [0.25, 0.3) is 64.7 Å². The Bertz CT molecular complexity index is 3000. The average Bonchev–Trinajstić information content (AvgIpc) is 3.82. The molecule has 0 unspecified atom stereocenters. The molecule has 0 amide bonds. The van der Waals surface area contributed by atoms with Crippen molar-refractivity contribution >= 4 is 48.6 Å². The summed E-state index contributed by atoms with van der Waals surface area (Å²) >= 11 is 1.94. The lowest BCUT2D eigenvalue weighted by Crippen LogP contribution is -2.14. The molecule has 8 aromatic carbocycles. The molecule has 2 aliphatic carbocycles. The van der Waals surface area contributed by atoms with E-state index in [1.54, 1.807) is 0 Å². The number of fused-ring (bicyclic) bond motifs is 10. The van der Waals surface area contributed by atoms with Crippen LogP contribution < -0.4 is 4.90 Å². The molecule has 0 spiro atoms. The monoisotopic (exact) mass is 735 g/mol. The van der Waals surface area contributed by atoms with E-state index in [9.17, 15) is 0 Å². The molecular formula is C54H41NS. The molecule has 0 saturated carbocycles. The first-order valence-electron chi connectivity index (χ1n) is 19.7. The highest BCUT2D eigenvalue weighted by Gasteiger charge is 2.37. The molecule has 11 rings (SSSR count). The summed E-state index contributed by atoms with van der Waals surface area (Å²) in [5.41, 5.74) is 19.4. The molecular weight excluding hydrogens is 695 g/mol. The molecule has 2 aliphatic rings. The van der Waals surface area contributed by atoms with E-state index in [0.717, 1.165) is 11.4 Å². The molecule has 1 nitrogen and oxygen atoms in total. The van der Waals surface area contributed by atoms with Gasteiger partial charge in [-0.15, -0.1) is 11.3 Å². The first-order chi connectivity index (χ1) is 27.3. The van der Waals surface area contributed by atoms with Crippen molar-refractivity contribution in [3.8, 4) is 44.5 Å². The normalized spacial score (nSPS) is 14.4. The van der Waals surface area contributed by atoms with Gasteiger partial charge in [0.05, 0.1) is 10.4 Å². The molecule has 0 atom stereocenters. The van der Waals surface area contributed by atoms with Gasteiger partial charge in [-0.25, -0.2) is 0 Å². The second kappa shape index (κ2) is 12.1. The van der Waals surface area contributed by atoms with Crippen LogP contribution in [0.2, 0.25) is 0 Å². The van der Waals surface area contributed by atoms with Gasteiger partial charge in [-0.1, -0.05) is 167 Å². The molecule has 0 saturated heterocycles. The molecule has 0 radical (unpaired) electrons. The van der Waals surface area contributed by atoms with Gasteiger partial charge >= 0.3 is 0 Å². The predicted molar refractivity (Wildman–Crippen MR) is 240 cm³/mol. The molecule has 56 heavy (non-hydrogen) atoms. The van der Waals surface area contributed by atoms with E-state index < -0.39 is 0 Å². The van der Waals surface area contributed by atoms with Crippen LogP contribution in [0.15, 0.2) is 176 Å². The Labute approximate surface area is 333 Å². The molecule has 2 heteroatoms. The molecule has 0 bridgehead atoms. The van der Waals surface area contributed by atoms with Gasteiger partial charge in [-0.3, -0.25) is 0 Å². The number of benzene rings is 8. The Morgan fingerprint density at radius 1 is 0.375 bits per heavy atom. The number of nitrogens with zero attached hydrogens (tertiary/aromatic N) is 1. The lowest BCUT2D eigenvalue weighted by atomic mass is 9.81. The zero-order chi connectivity index (χ0) is 37.8. The Morgan fingerprint density at radius 2 is 0.911 bits per heavy atom. The summed E-state index contributed by atoms with van der Waals surface area (Å²) < 4.78 is 2.68. The second-order valence-electron chi connectivity index (χ2n) is 16.5. The minimum Gasteiger partial charge on any atom is -0.309 e. The third kappa shape index (κ3) is 4.79. The van der Waals surface area contributed by atoms with Gasteiger partial charge in [-0.2, -0.15) is 0 Å². The van der Waals surface area contributed by atoms with Crippen molar-refractivity contribution < 1.29 is 0 Å². The number of anilines is 3. The fraction of sp³-hybridized carbons (Fsp3) is 0.111. The lowest BCUT2D eigenvalue weighted by molar-refractivity contribution is 0.660. The second-order valence-corrected chi connectivity index (χ2v) is 17.5. The summed E-state index contributed by atoms with van der Waals surface area (Å²) in [6.07, 6.45) is 0. The van der Waals surface area contributed by atoms with Crippen molar-refractivity contribution in [2.24, 2.45) is 0 Å². The predicted octanol–water partition coefficient (Wildman–Crippen LogP) is 15.5. The maximum Gasteiger partial charge on any atom is 0.0640 e. The number of hydrogen-bond donors (Lipinski definition) is 0. The Kier molecular flexibility index (Phi) is 7.18. The van der Waals surface area contributed by atoms with Crippen LogP contribution in [0, 0.1) is 0 Å². The minimum absolute atomic E-state index is 0.0357. The fourth-order valence-electron chi connectivity index (χ4n) is 9.75. The van der Waals surface area contributed by atoms with Crippen molar-refractivity contribution in [1.29, 1.82) is 0 Å². The highest BCUT2D eigenvalue weighted by atomic mass is 32.1. The molecule has 0 aliphatic heterocycles. The number of hydrogen-bond acceptors (Lipinski definition) is 2. The fourth-order valence-corrected chi connectivity index (χ4v) is 11.1. The molecule has 1 aromatic heterocycles. The van der Waals surface area contributed by atoms with E-state index in [4.69, 9.17) is 0 Å². The van der Waals surface area contributed by atoms with E-state index >= 15 is 0 Å². The van der Waals surface area contributed by atoms with E-state index in [-0.39, 0.29) is 10.8 Å². The van der Waals surface area contributed by atoms with E-state index in [2.05, 4.69) is 209 Å². The van der Waals surface area contributed by atoms with Crippen molar-refractivity contribution in [1.82, 2.24) is 0 Å². The van der Waals surface area contributed by atoms with Crippen LogP contribution >= 0.6 is 11.3 Å². The summed E-state index contributed by atoms with van der Waals surface area (Å²) in [4.78, 5) is 2.46. The number of rotatable bonds is 5. The zero-order valence-corrected chi connectivity index (χ0v) is 32.9. The van der Waals surface area contributed by atoms with Crippen LogP contribution in [0.1, 0.15) is 49.9 Å². The van der Waals surface area contributed by atoms with Gasteiger partial charge in [0.25, 0.3) is 0 Å². The van der Waals surface area contributed by atoms with Gasteiger partial charge in [0.15, 0.2) is 0 Å². The maximum absolute atomic E-state index is 2.46. The van der Waals surface area contributed by atoms with Crippen LogP contribution in [0.5, 0.6) is 0 Å². The highest BCUT2D eigenvalue weighted by Crippen LogP contribution is 2.55. The molecule has 268 valence electrons. The highest BCUT2D eigenvalue weighted by molar-refractivity contribution is 7.27. The molecule has 1 heterocycles. The summed E-state index contributed by atoms with van der Waals surface area (Å²) in [6, 6.07) is 65.4. The van der Waals surface area contributed by atoms with E-state index in [1.165, 1.54) is 92.6 Å². The van der Waals surface area contributed by atoms with Gasteiger partial charge in [0.2, 0.25) is 0 Å². The van der Waals surface area contributed by atoms with Crippen LogP contribution in [0.3, 0.4) is 0 Å². The number of thiophene rings is 1. The Balaban J connectivity index is 1.06. The van der Waals surface area contributed by atoms with Crippen molar-refractivity contribution in [2.75, 3.05) is 4.90 Å². The quantitative estimate of drug-likeness (QED) is 0.170. The minimum atomic E-state index is -0.0362. The first kappa shape index (κ1) is 33.1. The first-order valence-corrected chi connectivity index (χ1v) is 20.5. The summed E-state index contributed by atoms with van der Waals surface area (Å²) in [5.74, 6) is 0. The molecule has 0 N–H and O–H groups in total. The van der Waals surface area contributed by atoms with Crippen LogP contribution in [-0.2, 0) is 10.8 Å². The van der Waals surface area contributed by atoms with Gasteiger partial charge < -0.3 is 4.90 Å². The van der Waals surface area contributed by atoms with Crippen molar-refractivity contribution in [2.45, 2.75) is 38.5 Å². The molecule has 9 aromatic rings. The van der Waals surface area contributed by atoms with E-state index in [1.807, 2.05) is 11.3 Å². The summed E-state index contributed by atoms with van der Waals surface area (Å²) in [5, 5.41) is 2.63.